The average Bonchev–Trinajstić information content (AvgIpc) is 3.57. The second kappa shape index (κ2) is 12.3. The molecule has 5 heterocycles. The molecule has 0 aliphatic carbocycles. The van der Waals surface area contributed by atoms with Gasteiger partial charge in [-0.2, -0.15) is 13.2 Å². The van der Waals surface area contributed by atoms with Gasteiger partial charge in [-0.25, -0.2) is 0 Å². The Morgan fingerprint density at radius 3 is 2.66 bits per heavy atom. The highest BCUT2D eigenvalue weighted by Gasteiger charge is 2.44. The molecule has 0 radical (unpaired) electrons. The van der Waals surface area contributed by atoms with Crippen LogP contribution in [-0.2, 0) is 42.9 Å². The first-order chi connectivity index (χ1) is 22.4. The van der Waals surface area contributed by atoms with Gasteiger partial charge in [0.1, 0.15) is 12.2 Å². The van der Waals surface area contributed by atoms with Gasteiger partial charge in [0.15, 0.2) is 0 Å². The molecule has 0 unspecified atom stereocenters. The van der Waals surface area contributed by atoms with E-state index in [-0.39, 0.29) is 28.6 Å². The number of alkyl halides is 3. The maximum absolute atomic E-state index is 14.6. The van der Waals surface area contributed by atoms with Gasteiger partial charge in [-0.05, 0) is 80.1 Å². The van der Waals surface area contributed by atoms with Crippen LogP contribution in [0.15, 0.2) is 42.7 Å². The number of fused-ring (bicyclic) bond motifs is 1. The van der Waals surface area contributed by atoms with Crippen molar-refractivity contribution in [2.75, 3.05) is 57.4 Å². The van der Waals surface area contributed by atoms with Crippen LogP contribution in [0.5, 0.6) is 0 Å². The van der Waals surface area contributed by atoms with E-state index in [1.165, 1.54) is 11.0 Å². The number of halogens is 3. The van der Waals surface area contributed by atoms with Crippen molar-refractivity contribution in [3.05, 3.63) is 76.4 Å². The number of nitrogens with one attached hydrogen (secondary N) is 1. The molecule has 0 saturated carbocycles. The van der Waals surface area contributed by atoms with E-state index in [9.17, 15) is 18.0 Å². The maximum Gasteiger partial charge on any atom is 0.416 e. The number of carbonyl (C=O) groups is 1. The summed E-state index contributed by atoms with van der Waals surface area (Å²) >= 11 is 0. The van der Waals surface area contributed by atoms with E-state index < -0.39 is 17.6 Å². The predicted molar refractivity (Wildman–Crippen MR) is 172 cm³/mol. The van der Waals surface area contributed by atoms with Gasteiger partial charge in [-0.1, -0.05) is 12.1 Å². The molecule has 2 aromatic carbocycles. The van der Waals surface area contributed by atoms with Crippen molar-refractivity contribution in [3.8, 4) is 0 Å². The van der Waals surface area contributed by atoms with E-state index in [1.807, 2.05) is 29.8 Å². The van der Waals surface area contributed by atoms with Gasteiger partial charge >= 0.3 is 6.18 Å². The largest absolute Gasteiger partial charge is 0.416 e. The number of hydrogen-bond donors (Lipinski definition) is 1. The molecular weight excluding hydrogens is 607 g/mol. The maximum atomic E-state index is 14.6. The van der Waals surface area contributed by atoms with Crippen LogP contribution in [0, 0.1) is 5.92 Å². The molecule has 3 fully saturated rings. The van der Waals surface area contributed by atoms with Crippen LogP contribution < -0.4 is 10.2 Å². The van der Waals surface area contributed by atoms with Gasteiger partial charge in [0.05, 0.1) is 25.3 Å². The molecule has 3 aromatic rings. The van der Waals surface area contributed by atoms with E-state index in [1.54, 1.807) is 18.5 Å². The zero-order chi connectivity index (χ0) is 33.0. The summed E-state index contributed by atoms with van der Waals surface area (Å²) in [4.78, 5) is 20.2. The van der Waals surface area contributed by atoms with Gasteiger partial charge in [0, 0.05) is 74.9 Å². The fourth-order valence-corrected chi connectivity index (χ4v) is 7.89. The fourth-order valence-electron chi connectivity index (χ4n) is 7.89. The van der Waals surface area contributed by atoms with E-state index in [0.717, 1.165) is 63.5 Å². The lowest BCUT2D eigenvalue weighted by atomic mass is 9.75. The molecule has 1 N–H and O–H groups in total. The molecule has 7 rings (SSSR count). The molecular formula is C35H44F3N7O2. The Hall–Kier alpha value is -3.32. The van der Waals surface area contributed by atoms with Gasteiger partial charge in [0.25, 0.3) is 5.91 Å². The minimum atomic E-state index is -4.57. The molecule has 1 amide bonds. The SMILES string of the molecule is Cn1cnnc1CC1(c2cccc(N3Cc4c(cc(CN5CCC[C@H](CN6CCNCC6(C)C)C5)cc4C(F)(F)F)C3=O)c2)COC1. The lowest BCUT2D eigenvalue weighted by Gasteiger charge is -2.45. The van der Waals surface area contributed by atoms with E-state index in [4.69, 9.17) is 4.74 Å². The number of amides is 1. The normalized spacial score (nSPS) is 23.1. The number of piperidine rings is 1. The number of anilines is 1. The van der Waals surface area contributed by atoms with Gasteiger partial charge in [0.2, 0.25) is 0 Å². The number of benzene rings is 2. The third kappa shape index (κ3) is 6.32. The smallest absolute Gasteiger partial charge is 0.379 e. The summed E-state index contributed by atoms with van der Waals surface area (Å²) in [5.74, 6) is 0.882. The number of nitrogens with zero attached hydrogens (tertiary/aromatic N) is 6. The van der Waals surface area contributed by atoms with Crippen molar-refractivity contribution >= 4 is 11.6 Å². The summed E-state index contributed by atoms with van der Waals surface area (Å²) < 4.78 is 51.2. The first kappa shape index (κ1) is 32.2. The Balaban J connectivity index is 1.11. The molecule has 0 bridgehead atoms. The fraction of sp³-hybridized carbons (Fsp3) is 0.571. The monoisotopic (exact) mass is 651 g/mol. The number of hydrogen-bond acceptors (Lipinski definition) is 7. The summed E-state index contributed by atoms with van der Waals surface area (Å²) in [6.07, 6.45) is -0.177. The molecule has 252 valence electrons. The van der Waals surface area contributed by atoms with Crippen molar-refractivity contribution < 1.29 is 22.7 Å². The summed E-state index contributed by atoms with van der Waals surface area (Å²) in [6.45, 7) is 11.4. The summed E-state index contributed by atoms with van der Waals surface area (Å²) in [5, 5.41) is 11.7. The number of ether oxygens (including phenoxy) is 1. The van der Waals surface area contributed by atoms with E-state index >= 15 is 0 Å². The van der Waals surface area contributed by atoms with Crippen LogP contribution in [0.1, 0.15) is 65.1 Å². The number of rotatable bonds is 8. The Kier molecular flexibility index (Phi) is 8.43. The molecule has 47 heavy (non-hydrogen) atoms. The molecule has 12 heteroatoms. The third-order valence-electron chi connectivity index (χ3n) is 10.7. The number of likely N-dealkylation sites (tertiary alicyclic amines) is 1. The quantitative estimate of drug-likeness (QED) is 0.387. The molecule has 9 nitrogen and oxygen atoms in total. The predicted octanol–water partition coefficient (Wildman–Crippen LogP) is 4.40. The van der Waals surface area contributed by atoms with Gasteiger partial charge in [-0.3, -0.25) is 14.6 Å². The zero-order valence-electron chi connectivity index (χ0n) is 27.4. The topological polar surface area (TPSA) is 78.8 Å². The highest BCUT2D eigenvalue weighted by molar-refractivity contribution is 6.10. The van der Waals surface area contributed by atoms with Crippen LogP contribution in [-0.4, -0.2) is 88.5 Å². The van der Waals surface area contributed by atoms with Crippen LogP contribution in [0.25, 0.3) is 0 Å². The van der Waals surface area contributed by atoms with Crippen LogP contribution >= 0.6 is 0 Å². The third-order valence-corrected chi connectivity index (χ3v) is 10.7. The number of carbonyl (C=O) groups excluding carboxylic acids is 1. The highest BCUT2D eigenvalue weighted by Crippen LogP contribution is 2.42. The Morgan fingerprint density at radius 1 is 1.13 bits per heavy atom. The minimum Gasteiger partial charge on any atom is -0.379 e. The molecule has 1 aromatic heterocycles. The van der Waals surface area contributed by atoms with Crippen molar-refractivity contribution in [1.29, 1.82) is 0 Å². The summed E-state index contributed by atoms with van der Waals surface area (Å²) in [7, 11) is 1.89. The second-order valence-corrected chi connectivity index (χ2v) is 14.6. The summed E-state index contributed by atoms with van der Waals surface area (Å²) in [6, 6.07) is 10.5. The Morgan fingerprint density at radius 2 is 1.96 bits per heavy atom. The van der Waals surface area contributed by atoms with Crippen molar-refractivity contribution in [2.24, 2.45) is 13.0 Å². The Labute approximate surface area is 274 Å². The second-order valence-electron chi connectivity index (χ2n) is 14.6. The molecule has 4 aliphatic rings. The van der Waals surface area contributed by atoms with Crippen LogP contribution in [0.4, 0.5) is 18.9 Å². The number of piperazine rings is 1. The zero-order valence-corrected chi connectivity index (χ0v) is 27.4. The summed E-state index contributed by atoms with van der Waals surface area (Å²) in [5.41, 5.74) is 1.31. The van der Waals surface area contributed by atoms with E-state index in [0.29, 0.717) is 43.3 Å². The highest BCUT2D eigenvalue weighted by atomic mass is 19.4. The lowest BCUT2D eigenvalue weighted by Crippen LogP contribution is -2.59. The van der Waals surface area contributed by atoms with Crippen LogP contribution in [0.3, 0.4) is 0 Å². The molecule has 0 spiro atoms. The van der Waals surface area contributed by atoms with Crippen molar-refractivity contribution in [1.82, 2.24) is 29.9 Å². The number of aromatic nitrogens is 3. The van der Waals surface area contributed by atoms with Crippen LogP contribution in [0.2, 0.25) is 0 Å². The van der Waals surface area contributed by atoms with E-state index in [2.05, 4.69) is 39.2 Å². The van der Waals surface area contributed by atoms with Gasteiger partial charge < -0.3 is 19.5 Å². The first-order valence-corrected chi connectivity index (χ1v) is 16.7. The van der Waals surface area contributed by atoms with Crippen molar-refractivity contribution in [3.63, 3.8) is 0 Å². The average molecular weight is 652 g/mol. The van der Waals surface area contributed by atoms with Gasteiger partial charge in [-0.15, -0.1) is 10.2 Å². The standard InChI is InChI=1S/C35H44F3N7O2/c1-33(2)20-39-9-11-44(33)18-24-6-5-10-43(16-24)17-25-12-28-29(30(13-25)35(36,37)38)19-45(32(28)46)27-8-4-7-26(14-27)34(21-47-22-34)15-31-41-40-23-42(31)3/h4,7-8,12-14,23-24,39H,5-6,9-11,15-22H2,1-3H3/t24-/m0/s1. The Bertz CT molecular complexity index is 1630. The first-order valence-electron chi connectivity index (χ1n) is 16.7. The minimum absolute atomic E-state index is 0.0508. The van der Waals surface area contributed by atoms with Crippen molar-refractivity contribution in [2.45, 2.75) is 63.3 Å². The molecule has 4 aliphatic heterocycles. The molecule has 3 saturated heterocycles. The lowest BCUT2D eigenvalue weighted by molar-refractivity contribution is -0.138. The number of aryl methyl sites for hydroxylation is 1. The molecule has 1 atom stereocenters.